The average Bonchev–Trinajstić information content (AvgIpc) is 3.11. The fourth-order valence-electron chi connectivity index (χ4n) is 3.84. The highest BCUT2D eigenvalue weighted by atomic mass is 19.4. The zero-order valence-corrected chi connectivity index (χ0v) is 18.1. The Bertz CT molecular complexity index is 1270. The Morgan fingerprint density at radius 1 is 1.11 bits per heavy atom. The number of amides is 4. The molecule has 2 aliphatic rings. The first kappa shape index (κ1) is 24.9. The van der Waals surface area contributed by atoms with E-state index in [1.165, 1.54) is 6.07 Å². The second-order valence-electron chi connectivity index (χ2n) is 7.90. The summed E-state index contributed by atoms with van der Waals surface area (Å²) in [6, 6.07) is 3.59. The summed E-state index contributed by atoms with van der Waals surface area (Å²) >= 11 is 0. The molecule has 9 nitrogen and oxygen atoms in total. The zero-order chi connectivity index (χ0) is 26.2. The van der Waals surface area contributed by atoms with Crippen LogP contribution < -0.4 is 15.4 Å². The van der Waals surface area contributed by atoms with Gasteiger partial charge in [-0.2, -0.15) is 0 Å². The molecular formula is C22H16F5N3O6. The van der Waals surface area contributed by atoms with E-state index in [9.17, 15) is 41.1 Å². The largest absolute Gasteiger partial charge is 0.573 e. The van der Waals surface area contributed by atoms with Crippen LogP contribution in [0.1, 0.15) is 34.3 Å². The third kappa shape index (κ3) is 5.37. The molecule has 0 bridgehead atoms. The first-order valence-corrected chi connectivity index (χ1v) is 10.4. The number of carbonyl (C=O) groups excluding carboxylic acids is 4. The number of anilines is 1. The van der Waals surface area contributed by atoms with Crippen molar-refractivity contribution < 1.29 is 50.6 Å². The normalized spacial score (nSPS) is 17.5. The van der Waals surface area contributed by atoms with E-state index < -0.39 is 60.2 Å². The number of halogens is 5. The molecule has 2 N–H and O–H groups in total. The van der Waals surface area contributed by atoms with Crippen LogP contribution in [0.5, 0.6) is 5.75 Å². The Hall–Kier alpha value is -4.23. The van der Waals surface area contributed by atoms with Gasteiger partial charge in [-0.1, -0.05) is 0 Å². The van der Waals surface area contributed by atoms with Crippen LogP contribution in [-0.4, -0.2) is 41.1 Å². The van der Waals surface area contributed by atoms with Crippen molar-refractivity contribution in [3.63, 3.8) is 0 Å². The molecule has 4 amide bonds. The highest BCUT2D eigenvalue weighted by Crippen LogP contribution is 2.31. The summed E-state index contributed by atoms with van der Waals surface area (Å²) in [6.45, 7) is -0.699. The molecule has 4 rings (SSSR count). The van der Waals surface area contributed by atoms with Gasteiger partial charge in [-0.25, -0.2) is 13.6 Å². The van der Waals surface area contributed by atoms with Crippen LogP contribution in [-0.2, 0) is 27.5 Å². The molecule has 2 aliphatic heterocycles. The molecule has 0 aliphatic carbocycles. The van der Waals surface area contributed by atoms with E-state index in [0.29, 0.717) is 12.1 Å². The van der Waals surface area contributed by atoms with Gasteiger partial charge < -0.3 is 14.4 Å². The minimum absolute atomic E-state index is 0.0328. The molecule has 190 valence electrons. The molecule has 0 saturated carbocycles. The van der Waals surface area contributed by atoms with Gasteiger partial charge in [0.1, 0.15) is 18.5 Å². The fraction of sp³-hybridized carbons (Fsp3) is 0.273. The number of hydrogen-bond donors (Lipinski definition) is 2. The van der Waals surface area contributed by atoms with Crippen LogP contribution in [0.3, 0.4) is 0 Å². The summed E-state index contributed by atoms with van der Waals surface area (Å²) in [4.78, 5) is 49.5. The van der Waals surface area contributed by atoms with Crippen LogP contribution in [0.2, 0.25) is 0 Å². The maximum Gasteiger partial charge on any atom is 0.573 e. The lowest BCUT2D eigenvalue weighted by atomic mass is 10.0. The van der Waals surface area contributed by atoms with Crippen molar-refractivity contribution in [1.82, 2.24) is 10.2 Å². The number of piperidine rings is 1. The Balaban J connectivity index is 1.41. The van der Waals surface area contributed by atoms with Gasteiger partial charge >= 0.3 is 12.5 Å². The number of benzene rings is 2. The van der Waals surface area contributed by atoms with Gasteiger partial charge in [0.15, 0.2) is 11.6 Å². The lowest BCUT2D eigenvalue weighted by Crippen LogP contribution is -2.52. The highest BCUT2D eigenvalue weighted by Gasteiger charge is 2.40. The third-order valence-electron chi connectivity index (χ3n) is 5.43. The number of ether oxygens (including phenoxy) is 2. The maximum atomic E-state index is 14.7. The highest BCUT2D eigenvalue weighted by molar-refractivity contribution is 6.05. The third-order valence-corrected chi connectivity index (χ3v) is 5.43. The number of imide groups is 1. The molecule has 36 heavy (non-hydrogen) atoms. The van der Waals surface area contributed by atoms with Crippen LogP contribution >= 0.6 is 0 Å². The second-order valence-corrected chi connectivity index (χ2v) is 7.90. The summed E-state index contributed by atoms with van der Waals surface area (Å²) in [5.74, 6) is -5.00. The number of nitrogens with zero attached hydrogens (tertiary/aromatic N) is 1. The van der Waals surface area contributed by atoms with Crippen LogP contribution in [0.15, 0.2) is 30.3 Å². The molecule has 0 radical (unpaired) electrons. The van der Waals surface area contributed by atoms with Crippen LogP contribution in [0.25, 0.3) is 0 Å². The molecule has 0 aromatic heterocycles. The molecule has 2 heterocycles. The molecule has 1 atom stereocenters. The van der Waals surface area contributed by atoms with Crippen molar-refractivity contribution in [1.29, 1.82) is 0 Å². The molecule has 1 saturated heterocycles. The summed E-state index contributed by atoms with van der Waals surface area (Å²) in [6.07, 6.45) is -6.17. The molecular weight excluding hydrogens is 497 g/mol. The van der Waals surface area contributed by atoms with Crippen molar-refractivity contribution in [2.75, 3.05) is 5.32 Å². The van der Waals surface area contributed by atoms with Crippen LogP contribution in [0.4, 0.5) is 32.4 Å². The molecule has 0 spiro atoms. The summed E-state index contributed by atoms with van der Waals surface area (Å²) in [7, 11) is 0. The predicted octanol–water partition coefficient (Wildman–Crippen LogP) is 3.37. The van der Waals surface area contributed by atoms with Crippen LogP contribution in [0, 0.1) is 11.6 Å². The maximum absolute atomic E-state index is 14.7. The smallest absolute Gasteiger partial charge is 0.444 e. The van der Waals surface area contributed by atoms with Crippen molar-refractivity contribution in [2.24, 2.45) is 0 Å². The predicted molar refractivity (Wildman–Crippen MR) is 109 cm³/mol. The van der Waals surface area contributed by atoms with Gasteiger partial charge in [-0.3, -0.25) is 25.0 Å². The Morgan fingerprint density at radius 2 is 1.86 bits per heavy atom. The van der Waals surface area contributed by atoms with Gasteiger partial charge in [0.05, 0.1) is 6.54 Å². The number of hydrogen-bond acceptors (Lipinski definition) is 6. The van der Waals surface area contributed by atoms with E-state index in [1.54, 1.807) is 0 Å². The van der Waals surface area contributed by atoms with Gasteiger partial charge in [0.2, 0.25) is 11.8 Å². The summed E-state index contributed by atoms with van der Waals surface area (Å²) in [5.41, 5.74) is -0.177. The Morgan fingerprint density at radius 3 is 2.56 bits per heavy atom. The lowest BCUT2D eigenvalue weighted by Gasteiger charge is -2.29. The Kier molecular flexibility index (Phi) is 6.52. The van der Waals surface area contributed by atoms with Gasteiger partial charge in [-0.05, 0) is 36.2 Å². The number of alkyl halides is 3. The van der Waals surface area contributed by atoms with E-state index in [1.807, 2.05) is 0 Å². The minimum atomic E-state index is -5.15. The van der Waals surface area contributed by atoms with E-state index in [0.717, 1.165) is 17.0 Å². The van der Waals surface area contributed by atoms with Gasteiger partial charge in [0.25, 0.3) is 5.91 Å². The first-order valence-electron chi connectivity index (χ1n) is 10.4. The van der Waals surface area contributed by atoms with E-state index >= 15 is 0 Å². The number of fused-ring (bicyclic) bond motifs is 1. The van der Waals surface area contributed by atoms with Gasteiger partial charge in [-0.15, -0.1) is 13.2 Å². The van der Waals surface area contributed by atoms with Crippen molar-refractivity contribution >= 4 is 29.5 Å². The van der Waals surface area contributed by atoms with E-state index in [-0.39, 0.29) is 41.8 Å². The lowest BCUT2D eigenvalue weighted by molar-refractivity contribution is -0.275. The average molecular weight is 513 g/mol. The monoisotopic (exact) mass is 513 g/mol. The van der Waals surface area contributed by atoms with E-state index in [2.05, 4.69) is 15.4 Å². The number of nitrogens with one attached hydrogen (secondary N) is 2. The van der Waals surface area contributed by atoms with Crippen molar-refractivity contribution in [3.05, 3.63) is 58.7 Å². The standard InChI is InChI=1S/C22H16F5N3O6/c23-14-2-1-11(7-17(14)36-22(25,26)27)28-21(34)35-9-10-5-12-13(15(24)6-10)8-30(20(12)33)16-3-4-18(31)29-19(16)32/h1-2,5-7,16H,3-4,8-9H2,(H,28,34)(H,29,31,32). The quantitative estimate of drug-likeness (QED) is 0.468. The van der Waals surface area contributed by atoms with Crippen molar-refractivity contribution in [2.45, 2.75) is 38.4 Å². The SMILES string of the molecule is O=C1CCC(N2Cc3c(F)cc(COC(=O)Nc4ccc(F)c(OC(F)(F)F)c4)cc3C2=O)C(=O)N1. The zero-order valence-electron chi connectivity index (χ0n) is 18.1. The molecule has 14 heteroatoms. The topological polar surface area (TPSA) is 114 Å². The summed E-state index contributed by atoms with van der Waals surface area (Å²) in [5, 5.41) is 4.22. The molecule has 1 unspecified atom stereocenters. The first-order chi connectivity index (χ1) is 16.9. The van der Waals surface area contributed by atoms with E-state index in [4.69, 9.17) is 4.74 Å². The fourth-order valence-corrected chi connectivity index (χ4v) is 3.84. The summed E-state index contributed by atoms with van der Waals surface area (Å²) < 4.78 is 73.7. The minimum Gasteiger partial charge on any atom is -0.444 e. The Labute approximate surface area is 199 Å². The molecule has 2 aromatic carbocycles. The molecule has 1 fully saturated rings. The number of rotatable bonds is 5. The number of carbonyl (C=O) groups is 4. The van der Waals surface area contributed by atoms with Crippen molar-refractivity contribution in [3.8, 4) is 5.75 Å². The second kappa shape index (κ2) is 9.43. The molecule has 2 aromatic rings. The van der Waals surface area contributed by atoms with Gasteiger partial charge in [0, 0.05) is 29.3 Å².